The van der Waals surface area contributed by atoms with Crippen LogP contribution in [0.15, 0.2) is 0 Å². The summed E-state index contributed by atoms with van der Waals surface area (Å²) < 4.78 is 8.36. The Morgan fingerprint density at radius 1 is 1.25 bits per heavy atom. The van der Waals surface area contributed by atoms with Crippen molar-refractivity contribution < 1.29 is 14.3 Å². The van der Waals surface area contributed by atoms with Crippen LogP contribution in [0.4, 0.5) is 11.9 Å². The van der Waals surface area contributed by atoms with Crippen molar-refractivity contribution in [1.82, 2.24) is 15.0 Å². The number of carbonyl (C=O) groups is 1. The first kappa shape index (κ1) is 19.5. The third-order valence-electron chi connectivity index (χ3n) is 2.93. The molecule has 0 bridgehead atoms. The number of rotatable bonds is 6. The molecule has 24 heavy (non-hydrogen) atoms. The number of alkyl halides is 4. The summed E-state index contributed by atoms with van der Waals surface area (Å²) in [5.41, 5.74) is 0. The zero-order valence-corrected chi connectivity index (χ0v) is 15.5. The standard InChI is InChI=1S/C12H15Cl4N5O3/c13-7-8(22)24-4-1-17-10-18-9(12(14,15)16)19-11(20-10)21-2-5-23-6-3-21/h1-7H2,(H,17,18,19,20). The van der Waals surface area contributed by atoms with Crippen LogP contribution in [0.1, 0.15) is 5.82 Å². The molecule has 1 aliphatic heterocycles. The summed E-state index contributed by atoms with van der Waals surface area (Å²) >= 11 is 23.0. The Balaban J connectivity index is 2.09. The van der Waals surface area contributed by atoms with E-state index in [2.05, 4.69) is 20.3 Å². The van der Waals surface area contributed by atoms with E-state index in [-0.39, 0.29) is 30.8 Å². The highest BCUT2D eigenvalue weighted by molar-refractivity contribution is 6.66. The summed E-state index contributed by atoms with van der Waals surface area (Å²) in [4.78, 5) is 25.5. The molecule has 0 unspecified atom stereocenters. The predicted molar refractivity (Wildman–Crippen MR) is 92.3 cm³/mol. The maximum atomic E-state index is 11.0. The third kappa shape index (κ3) is 5.93. The Morgan fingerprint density at radius 3 is 2.58 bits per heavy atom. The number of halogens is 4. The normalized spacial score (nSPS) is 15.2. The van der Waals surface area contributed by atoms with Crippen molar-refractivity contribution in [3.63, 3.8) is 0 Å². The first-order valence-electron chi connectivity index (χ1n) is 7.01. The number of aromatic nitrogens is 3. The highest BCUT2D eigenvalue weighted by Crippen LogP contribution is 2.36. The van der Waals surface area contributed by atoms with E-state index in [1.807, 2.05) is 4.90 Å². The third-order valence-corrected chi connectivity index (χ3v) is 3.65. The van der Waals surface area contributed by atoms with E-state index < -0.39 is 9.76 Å². The SMILES string of the molecule is O=C(CCl)OCCNc1nc(N2CCOCC2)nc(C(Cl)(Cl)Cl)n1. The fourth-order valence-corrected chi connectivity index (χ4v) is 2.17. The molecule has 134 valence electrons. The maximum absolute atomic E-state index is 11.0. The second kappa shape index (κ2) is 9.05. The van der Waals surface area contributed by atoms with Crippen LogP contribution >= 0.6 is 46.4 Å². The number of hydrogen-bond acceptors (Lipinski definition) is 8. The second-order valence-corrected chi connectivity index (χ2v) is 7.21. The van der Waals surface area contributed by atoms with Crippen LogP contribution in [0.2, 0.25) is 0 Å². The highest BCUT2D eigenvalue weighted by Gasteiger charge is 2.29. The molecule has 8 nitrogen and oxygen atoms in total. The molecule has 0 atom stereocenters. The average molecular weight is 419 g/mol. The van der Waals surface area contributed by atoms with Gasteiger partial charge < -0.3 is 19.7 Å². The van der Waals surface area contributed by atoms with Gasteiger partial charge in [-0.15, -0.1) is 11.6 Å². The van der Waals surface area contributed by atoms with Gasteiger partial charge in [0, 0.05) is 13.1 Å². The number of nitrogens with zero attached hydrogens (tertiary/aromatic N) is 4. The minimum Gasteiger partial charge on any atom is -0.463 e. The Hall–Kier alpha value is -0.800. The number of carbonyl (C=O) groups excluding carboxylic acids is 1. The molecule has 1 aromatic rings. The van der Waals surface area contributed by atoms with Gasteiger partial charge in [0.05, 0.1) is 19.8 Å². The lowest BCUT2D eigenvalue weighted by molar-refractivity contribution is -0.140. The van der Waals surface area contributed by atoms with Crippen molar-refractivity contribution >= 4 is 64.3 Å². The van der Waals surface area contributed by atoms with E-state index in [4.69, 9.17) is 55.9 Å². The molecule has 0 aliphatic carbocycles. The Morgan fingerprint density at radius 2 is 1.96 bits per heavy atom. The zero-order chi connectivity index (χ0) is 17.6. The molecule has 2 rings (SSSR count). The predicted octanol–water partition coefficient (Wildman–Crippen LogP) is 1.73. The molecule has 0 aromatic carbocycles. The summed E-state index contributed by atoms with van der Waals surface area (Å²) in [6.45, 7) is 2.74. The first-order chi connectivity index (χ1) is 11.4. The first-order valence-corrected chi connectivity index (χ1v) is 8.68. The molecule has 1 fully saturated rings. The zero-order valence-electron chi connectivity index (χ0n) is 12.5. The van der Waals surface area contributed by atoms with Gasteiger partial charge in [-0.2, -0.15) is 15.0 Å². The maximum Gasteiger partial charge on any atom is 0.320 e. The van der Waals surface area contributed by atoms with Crippen LogP contribution in [0.3, 0.4) is 0 Å². The summed E-state index contributed by atoms with van der Waals surface area (Å²) in [5, 5.41) is 2.90. The second-order valence-electron chi connectivity index (χ2n) is 4.66. The molecule has 0 saturated carbocycles. The van der Waals surface area contributed by atoms with Crippen molar-refractivity contribution in [3.05, 3.63) is 5.82 Å². The monoisotopic (exact) mass is 417 g/mol. The molecule has 2 heterocycles. The molecule has 0 radical (unpaired) electrons. The summed E-state index contributed by atoms with van der Waals surface area (Å²) in [7, 11) is 0. The van der Waals surface area contributed by atoms with Crippen LogP contribution in [-0.4, -0.2) is 66.3 Å². The fraction of sp³-hybridized carbons (Fsp3) is 0.667. The van der Waals surface area contributed by atoms with Crippen molar-refractivity contribution in [2.45, 2.75) is 3.79 Å². The summed E-state index contributed by atoms with van der Waals surface area (Å²) in [6, 6.07) is 0. The van der Waals surface area contributed by atoms with Crippen molar-refractivity contribution in [2.75, 3.05) is 55.6 Å². The van der Waals surface area contributed by atoms with Gasteiger partial charge in [-0.1, -0.05) is 34.8 Å². The van der Waals surface area contributed by atoms with Gasteiger partial charge in [0.25, 0.3) is 0 Å². The van der Waals surface area contributed by atoms with Gasteiger partial charge in [0.15, 0.2) is 5.82 Å². The number of ether oxygens (including phenoxy) is 2. The lowest BCUT2D eigenvalue weighted by atomic mass is 10.4. The van der Waals surface area contributed by atoms with Crippen LogP contribution < -0.4 is 10.2 Å². The molecule has 1 N–H and O–H groups in total. The summed E-state index contributed by atoms with van der Waals surface area (Å²) in [6.07, 6.45) is 0. The van der Waals surface area contributed by atoms with Gasteiger partial charge in [-0.05, 0) is 0 Å². The van der Waals surface area contributed by atoms with Gasteiger partial charge >= 0.3 is 5.97 Å². The van der Waals surface area contributed by atoms with Crippen molar-refractivity contribution in [3.8, 4) is 0 Å². The Kier molecular flexibility index (Phi) is 7.36. The number of anilines is 2. The minimum absolute atomic E-state index is 0.00393. The average Bonchev–Trinajstić information content (AvgIpc) is 2.58. The highest BCUT2D eigenvalue weighted by atomic mass is 35.6. The molecule has 1 saturated heterocycles. The molecular weight excluding hydrogens is 404 g/mol. The topological polar surface area (TPSA) is 89.5 Å². The molecular formula is C12H15Cl4N5O3. The van der Waals surface area contributed by atoms with E-state index in [0.717, 1.165) is 0 Å². The minimum atomic E-state index is -1.79. The molecule has 12 heteroatoms. The molecule has 1 aromatic heterocycles. The lowest BCUT2D eigenvalue weighted by Crippen LogP contribution is -2.38. The van der Waals surface area contributed by atoms with E-state index in [0.29, 0.717) is 32.3 Å². The van der Waals surface area contributed by atoms with Crippen LogP contribution in [0, 0.1) is 0 Å². The van der Waals surface area contributed by atoms with E-state index in [1.54, 1.807) is 0 Å². The number of nitrogens with one attached hydrogen (secondary N) is 1. The van der Waals surface area contributed by atoms with Crippen LogP contribution in [-0.2, 0) is 18.1 Å². The smallest absolute Gasteiger partial charge is 0.320 e. The summed E-state index contributed by atoms with van der Waals surface area (Å²) in [5.74, 6) is -0.108. The van der Waals surface area contributed by atoms with Crippen LogP contribution in [0.5, 0.6) is 0 Å². The number of esters is 1. The Labute approximate surface area is 158 Å². The van der Waals surface area contributed by atoms with Gasteiger partial charge in [0.1, 0.15) is 12.5 Å². The quantitative estimate of drug-likeness (QED) is 0.424. The Bertz CT molecular complexity index is 566. The number of hydrogen-bond donors (Lipinski definition) is 1. The molecule has 0 spiro atoms. The fourth-order valence-electron chi connectivity index (χ4n) is 1.84. The molecule has 0 amide bonds. The molecule has 1 aliphatic rings. The van der Waals surface area contributed by atoms with Gasteiger partial charge in [-0.3, -0.25) is 4.79 Å². The van der Waals surface area contributed by atoms with Crippen LogP contribution in [0.25, 0.3) is 0 Å². The van der Waals surface area contributed by atoms with E-state index in [1.165, 1.54) is 0 Å². The van der Waals surface area contributed by atoms with Crippen molar-refractivity contribution in [2.24, 2.45) is 0 Å². The van der Waals surface area contributed by atoms with E-state index >= 15 is 0 Å². The number of morpholine rings is 1. The van der Waals surface area contributed by atoms with E-state index in [9.17, 15) is 4.79 Å². The largest absolute Gasteiger partial charge is 0.463 e. The lowest BCUT2D eigenvalue weighted by Gasteiger charge is -2.27. The van der Waals surface area contributed by atoms with Crippen molar-refractivity contribution in [1.29, 1.82) is 0 Å². The van der Waals surface area contributed by atoms with Gasteiger partial charge in [-0.25, -0.2) is 0 Å². The van der Waals surface area contributed by atoms with Gasteiger partial charge in [0.2, 0.25) is 15.7 Å².